The van der Waals surface area contributed by atoms with E-state index in [2.05, 4.69) is 29.1 Å². The number of hydrogen-bond donors (Lipinski definition) is 1. The van der Waals surface area contributed by atoms with Gasteiger partial charge in [0, 0.05) is 22.8 Å². The molecule has 3 nitrogen and oxygen atoms in total. The van der Waals surface area contributed by atoms with Crippen molar-refractivity contribution in [1.82, 2.24) is 15.3 Å². The predicted octanol–water partition coefficient (Wildman–Crippen LogP) is 1.81. The van der Waals surface area contributed by atoms with E-state index >= 15 is 0 Å². The molecule has 0 amide bonds. The fourth-order valence-corrected chi connectivity index (χ4v) is 2.67. The minimum absolute atomic E-state index is 0.240. The Bertz CT molecular complexity index is 351. The summed E-state index contributed by atoms with van der Waals surface area (Å²) in [4.78, 5) is 9.12. The van der Waals surface area contributed by atoms with Crippen LogP contribution in [0.4, 0.5) is 0 Å². The van der Waals surface area contributed by atoms with E-state index in [1.54, 1.807) is 0 Å². The highest BCUT2D eigenvalue weighted by atomic mass is 32.2. The summed E-state index contributed by atoms with van der Waals surface area (Å²) in [5.41, 5.74) is 3.73. The molecular weight excluding hydrogens is 194 g/mol. The van der Waals surface area contributed by atoms with E-state index in [1.807, 2.05) is 18.8 Å². The van der Waals surface area contributed by atoms with Gasteiger partial charge in [-0.2, -0.15) is 11.8 Å². The van der Waals surface area contributed by atoms with Crippen LogP contribution in [0.1, 0.15) is 35.7 Å². The van der Waals surface area contributed by atoms with E-state index < -0.39 is 0 Å². The molecule has 14 heavy (non-hydrogen) atoms. The summed E-state index contributed by atoms with van der Waals surface area (Å²) in [5.74, 6) is 3.04. The van der Waals surface area contributed by atoms with Crippen molar-refractivity contribution < 1.29 is 0 Å². The van der Waals surface area contributed by atoms with Crippen LogP contribution < -0.4 is 5.32 Å². The molecule has 0 saturated heterocycles. The van der Waals surface area contributed by atoms with E-state index in [-0.39, 0.29) is 6.04 Å². The molecular formula is C10H15N3S. The van der Waals surface area contributed by atoms with E-state index in [1.165, 1.54) is 11.3 Å². The Morgan fingerprint density at radius 2 is 2.14 bits per heavy atom. The van der Waals surface area contributed by atoms with Gasteiger partial charge < -0.3 is 5.32 Å². The Labute approximate surface area is 88.7 Å². The Hall–Kier alpha value is -0.610. The molecule has 1 atom stereocenters. The normalized spacial score (nSPS) is 16.8. The maximum atomic E-state index is 4.59. The predicted molar refractivity (Wildman–Crippen MR) is 59.2 cm³/mol. The molecule has 0 radical (unpaired) electrons. The molecule has 0 spiro atoms. The average molecular weight is 209 g/mol. The third-order valence-electron chi connectivity index (χ3n) is 2.62. The van der Waals surface area contributed by atoms with E-state index in [0.717, 1.165) is 23.0 Å². The minimum atomic E-state index is 0.240. The Morgan fingerprint density at radius 3 is 2.86 bits per heavy atom. The molecule has 1 aromatic heterocycles. The Morgan fingerprint density at radius 1 is 1.36 bits per heavy atom. The fourth-order valence-electron chi connectivity index (χ4n) is 1.56. The second kappa shape index (κ2) is 3.87. The maximum absolute atomic E-state index is 4.59. The van der Waals surface area contributed by atoms with Crippen LogP contribution in [0, 0.1) is 6.92 Å². The number of aromatic nitrogens is 2. The molecule has 1 aliphatic heterocycles. The van der Waals surface area contributed by atoms with Crippen LogP contribution in [-0.4, -0.2) is 17.0 Å². The van der Waals surface area contributed by atoms with Crippen LogP contribution in [0.2, 0.25) is 0 Å². The molecule has 0 fully saturated rings. The van der Waals surface area contributed by atoms with Crippen molar-refractivity contribution in [3.05, 3.63) is 22.8 Å². The molecule has 2 rings (SSSR count). The van der Waals surface area contributed by atoms with Crippen molar-refractivity contribution >= 4 is 11.8 Å². The molecule has 76 valence electrons. The number of rotatable bonds is 2. The summed E-state index contributed by atoms with van der Waals surface area (Å²) in [6.07, 6.45) is 0. The largest absolute Gasteiger partial charge is 0.311 e. The summed E-state index contributed by atoms with van der Waals surface area (Å²) in [6.45, 7) is 4.17. The molecule has 4 heteroatoms. The van der Waals surface area contributed by atoms with Crippen molar-refractivity contribution in [2.45, 2.75) is 31.4 Å². The molecule has 1 aromatic rings. The molecule has 1 aliphatic rings. The van der Waals surface area contributed by atoms with Crippen molar-refractivity contribution in [1.29, 1.82) is 0 Å². The van der Waals surface area contributed by atoms with Gasteiger partial charge in [0.25, 0.3) is 0 Å². The van der Waals surface area contributed by atoms with Gasteiger partial charge in [-0.15, -0.1) is 0 Å². The highest BCUT2D eigenvalue weighted by Gasteiger charge is 2.18. The lowest BCUT2D eigenvalue weighted by molar-refractivity contribution is 0.604. The summed E-state index contributed by atoms with van der Waals surface area (Å²) >= 11 is 1.92. The van der Waals surface area contributed by atoms with Gasteiger partial charge in [-0.25, -0.2) is 9.97 Å². The SMILES string of the molecule is CNC(C)c1nc(C)c2c(n1)CSC2. The van der Waals surface area contributed by atoms with Gasteiger partial charge in [0.05, 0.1) is 11.7 Å². The van der Waals surface area contributed by atoms with Crippen LogP contribution in [-0.2, 0) is 11.5 Å². The molecule has 1 N–H and O–H groups in total. The first-order chi connectivity index (χ1) is 6.72. The highest BCUT2D eigenvalue weighted by molar-refractivity contribution is 7.98. The summed E-state index contributed by atoms with van der Waals surface area (Å²) in [5, 5.41) is 3.17. The number of hydrogen-bond acceptors (Lipinski definition) is 4. The quantitative estimate of drug-likeness (QED) is 0.806. The number of thioether (sulfide) groups is 1. The molecule has 0 aromatic carbocycles. The van der Waals surface area contributed by atoms with Gasteiger partial charge in [0.1, 0.15) is 5.82 Å². The van der Waals surface area contributed by atoms with Gasteiger partial charge in [-0.05, 0) is 20.9 Å². The summed E-state index contributed by atoms with van der Waals surface area (Å²) < 4.78 is 0. The van der Waals surface area contributed by atoms with Gasteiger partial charge in [-0.3, -0.25) is 0 Å². The summed E-state index contributed by atoms with van der Waals surface area (Å²) in [6, 6.07) is 0.240. The number of nitrogens with zero attached hydrogens (tertiary/aromatic N) is 2. The van der Waals surface area contributed by atoms with Crippen molar-refractivity contribution in [2.75, 3.05) is 7.05 Å². The van der Waals surface area contributed by atoms with Crippen LogP contribution in [0.3, 0.4) is 0 Å². The highest BCUT2D eigenvalue weighted by Crippen LogP contribution is 2.30. The first-order valence-corrected chi connectivity index (χ1v) is 5.99. The van der Waals surface area contributed by atoms with Gasteiger partial charge >= 0.3 is 0 Å². The second-order valence-electron chi connectivity index (χ2n) is 3.60. The van der Waals surface area contributed by atoms with Gasteiger partial charge in [-0.1, -0.05) is 0 Å². The zero-order valence-electron chi connectivity index (χ0n) is 8.79. The zero-order valence-corrected chi connectivity index (χ0v) is 9.61. The lowest BCUT2D eigenvalue weighted by Gasteiger charge is -2.11. The van der Waals surface area contributed by atoms with Gasteiger partial charge in [0.15, 0.2) is 0 Å². The Kier molecular flexibility index (Phi) is 2.74. The van der Waals surface area contributed by atoms with Crippen LogP contribution in [0.5, 0.6) is 0 Å². The number of aryl methyl sites for hydroxylation is 1. The Balaban J connectivity index is 2.41. The molecule has 1 unspecified atom stereocenters. The fraction of sp³-hybridized carbons (Fsp3) is 0.600. The molecule has 0 aliphatic carbocycles. The lowest BCUT2D eigenvalue weighted by atomic mass is 10.2. The smallest absolute Gasteiger partial charge is 0.145 e. The number of nitrogens with one attached hydrogen (secondary N) is 1. The third kappa shape index (κ3) is 1.64. The van der Waals surface area contributed by atoms with E-state index in [0.29, 0.717) is 0 Å². The van der Waals surface area contributed by atoms with Crippen molar-refractivity contribution in [3.63, 3.8) is 0 Å². The minimum Gasteiger partial charge on any atom is -0.311 e. The second-order valence-corrected chi connectivity index (χ2v) is 4.58. The topological polar surface area (TPSA) is 37.8 Å². The molecule has 0 bridgehead atoms. The monoisotopic (exact) mass is 209 g/mol. The third-order valence-corrected chi connectivity index (χ3v) is 3.59. The average Bonchev–Trinajstić information content (AvgIpc) is 2.64. The summed E-state index contributed by atoms with van der Waals surface area (Å²) in [7, 11) is 1.94. The van der Waals surface area contributed by atoms with Crippen LogP contribution in [0.25, 0.3) is 0 Å². The van der Waals surface area contributed by atoms with E-state index in [4.69, 9.17) is 0 Å². The zero-order chi connectivity index (χ0) is 10.1. The van der Waals surface area contributed by atoms with E-state index in [9.17, 15) is 0 Å². The standard InChI is InChI=1S/C10H15N3S/c1-6-8-4-14-5-9(8)13-10(12-6)7(2)11-3/h7,11H,4-5H2,1-3H3. The van der Waals surface area contributed by atoms with Crippen molar-refractivity contribution in [3.8, 4) is 0 Å². The first-order valence-electron chi connectivity index (χ1n) is 4.83. The van der Waals surface area contributed by atoms with Gasteiger partial charge in [0.2, 0.25) is 0 Å². The number of fused-ring (bicyclic) bond motifs is 1. The van der Waals surface area contributed by atoms with Crippen molar-refractivity contribution in [2.24, 2.45) is 0 Å². The molecule has 0 saturated carbocycles. The lowest BCUT2D eigenvalue weighted by Crippen LogP contribution is -2.17. The maximum Gasteiger partial charge on any atom is 0.145 e. The van der Waals surface area contributed by atoms with Crippen LogP contribution >= 0.6 is 11.8 Å². The molecule has 2 heterocycles. The van der Waals surface area contributed by atoms with Crippen LogP contribution in [0.15, 0.2) is 0 Å². The first kappa shape index (κ1) is 9.93.